The first kappa shape index (κ1) is 12.5. The van der Waals surface area contributed by atoms with Gasteiger partial charge in [-0.3, -0.25) is 19.6 Å². The van der Waals surface area contributed by atoms with Crippen molar-refractivity contribution in [2.24, 2.45) is 0 Å². The lowest BCUT2D eigenvalue weighted by atomic mass is 10.1. The predicted octanol–water partition coefficient (Wildman–Crippen LogP) is -0.341. The van der Waals surface area contributed by atoms with Crippen LogP contribution < -0.4 is 10.6 Å². The van der Waals surface area contributed by atoms with Gasteiger partial charge in [-0.1, -0.05) is 0 Å². The van der Waals surface area contributed by atoms with E-state index in [1.54, 1.807) is 0 Å². The number of rotatable bonds is 4. The average molecular weight is 253 g/mol. The number of nitro groups is 1. The van der Waals surface area contributed by atoms with E-state index < -0.39 is 4.92 Å². The zero-order chi connectivity index (χ0) is 13.0. The SMILES string of the molecule is O=C(Cn1cc([N+](=O)[O-])cn1)NC1CCCNC1. The first-order valence-corrected chi connectivity index (χ1v) is 5.82. The van der Waals surface area contributed by atoms with E-state index in [2.05, 4.69) is 15.7 Å². The third-order valence-electron chi connectivity index (χ3n) is 2.80. The van der Waals surface area contributed by atoms with E-state index in [-0.39, 0.29) is 24.2 Å². The van der Waals surface area contributed by atoms with Gasteiger partial charge in [-0.2, -0.15) is 5.10 Å². The van der Waals surface area contributed by atoms with Crippen LogP contribution in [0.2, 0.25) is 0 Å². The summed E-state index contributed by atoms with van der Waals surface area (Å²) >= 11 is 0. The summed E-state index contributed by atoms with van der Waals surface area (Å²) in [6.07, 6.45) is 4.38. The lowest BCUT2D eigenvalue weighted by Crippen LogP contribution is -2.46. The number of nitrogens with zero attached hydrogens (tertiary/aromatic N) is 3. The molecule has 1 unspecified atom stereocenters. The van der Waals surface area contributed by atoms with Gasteiger partial charge in [-0.25, -0.2) is 0 Å². The molecule has 1 aromatic rings. The standard InChI is InChI=1S/C10H15N5O3/c16-10(13-8-2-1-3-11-4-8)7-14-6-9(5-12-14)15(17)18/h5-6,8,11H,1-4,7H2,(H,13,16). The minimum atomic E-state index is -0.535. The molecule has 0 aliphatic carbocycles. The fourth-order valence-corrected chi connectivity index (χ4v) is 1.93. The van der Waals surface area contributed by atoms with Crippen molar-refractivity contribution < 1.29 is 9.72 Å². The van der Waals surface area contributed by atoms with Crippen molar-refractivity contribution in [3.63, 3.8) is 0 Å². The molecule has 2 heterocycles. The molecule has 1 atom stereocenters. The quantitative estimate of drug-likeness (QED) is 0.564. The molecule has 2 N–H and O–H groups in total. The topological polar surface area (TPSA) is 102 Å². The molecule has 18 heavy (non-hydrogen) atoms. The number of piperidine rings is 1. The Labute approximate surface area is 104 Å². The largest absolute Gasteiger partial charge is 0.350 e. The molecule has 1 fully saturated rings. The van der Waals surface area contributed by atoms with Crippen LogP contribution in [0.1, 0.15) is 12.8 Å². The number of carbonyl (C=O) groups is 1. The number of aromatic nitrogens is 2. The third kappa shape index (κ3) is 3.27. The van der Waals surface area contributed by atoms with Gasteiger partial charge in [-0.05, 0) is 19.4 Å². The summed E-state index contributed by atoms with van der Waals surface area (Å²) in [5.74, 6) is -0.179. The van der Waals surface area contributed by atoms with E-state index in [4.69, 9.17) is 0 Å². The van der Waals surface area contributed by atoms with E-state index in [0.29, 0.717) is 0 Å². The average Bonchev–Trinajstić information content (AvgIpc) is 2.78. The first-order valence-electron chi connectivity index (χ1n) is 5.82. The Bertz CT molecular complexity index is 438. The van der Waals surface area contributed by atoms with Crippen LogP contribution in [0, 0.1) is 10.1 Å². The highest BCUT2D eigenvalue weighted by Gasteiger charge is 2.16. The van der Waals surface area contributed by atoms with Gasteiger partial charge in [-0.15, -0.1) is 0 Å². The molecule has 0 spiro atoms. The Morgan fingerprint density at radius 3 is 3.17 bits per heavy atom. The Morgan fingerprint density at radius 1 is 1.72 bits per heavy atom. The first-order chi connectivity index (χ1) is 8.65. The minimum Gasteiger partial charge on any atom is -0.350 e. The van der Waals surface area contributed by atoms with Crippen LogP contribution in [-0.2, 0) is 11.3 Å². The summed E-state index contributed by atoms with van der Waals surface area (Å²) < 4.78 is 1.27. The van der Waals surface area contributed by atoms with Gasteiger partial charge in [0.05, 0.1) is 4.92 Å². The molecular formula is C10H15N5O3. The number of hydrogen-bond donors (Lipinski definition) is 2. The molecule has 1 saturated heterocycles. The van der Waals surface area contributed by atoms with Gasteiger partial charge < -0.3 is 10.6 Å². The Balaban J connectivity index is 1.84. The predicted molar refractivity (Wildman–Crippen MR) is 62.9 cm³/mol. The van der Waals surface area contributed by atoms with Gasteiger partial charge in [0, 0.05) is 12.6 Å². The summed E-state index contributed by atoms with van der Waals surface area (Å²) in [6, 6.07) is 0.136. The van der Waals surface area contributed by atoms with E-state index in [9.17, 15) is 14.9 Å². The monoisotopic (exact) mass is 253 g/mol. The fourth-order valence-electron chi connectivity index (χ4n) is 1.93. The van der Waals surface area contributed by atoms with Gasteiger partial charge in [0.25, 0.3) is 0 Å². The van der Waals surface area contributed by atoms with Gasteiger partial charge in [0.2, 0.25) is 5.91 Å². The van der Waals surface area contributed by atoms with Crippen molar-refractivity contribution in [3.05, 3.63) is 22.5 Å². The smallest absolute Gasteiger partial charge is 0.307 e. The molecule has 8 nitrogen and oxygen atoms in total. The third-order valence-corrected chi connectivity index (χ3v) is 2.80. The Hall–Kier alpha value is -1.96. The summed E-state index contributed by atoms with van der Waals surface area (Å²) in [4.78, 5) is 21.6. The van der Waals surface area contributed by atoms with Crippen LogP contribution in [-0.4, -0.2) is 39.7 Å². The second-order valence-electron chi connectivity index (χ2n) is 4.26. The van der Waals surface area contributed by atoms with Crippen molar-refractivity contribution in [1.29, 1.82) is 0 Å². The van der Waals surface area contributed by atoms with Gasteiger partial charge in [0.15, 0.2) is 0 Å². The Kier molecular flexibility index (Phi) is 3.88. The van der Waals surface area contributed by atoms with Crippen molar-refractivity contribution in [2.45, 2.75) is 25.4 Å². The van der Waals surface area contributed by atoms with Crippen molar-refractivity contribution >= 4 is 11.6 Å². The fraction of sp³-hybridized carbons (Fsp3) is 0.600. The van der Waals surface area contributed by atoms with Crippen LogP contribution in [0.3, 0.4) is 0 Å². The van der Waals surface area contributed by atoms with Crippen LogP contribution in [0.25, 0.3) is 0 Å². The highest BCUT2D eigenvalue weighted by Crippen LogP contribution is 2.07. The second-order valence-corrected chi connectivity index (χ2v) is 4.26. The highest BCUT2D eigenvalue weighted by atomic mass is 16.6. The van der Waals surface area contributed by atoms with E-state index in [1.807, 2.05) is 0 Å². The van der Waals surface area contributed by atoms with Crippen LogP contribution in [0.5, 0.6) is 0 Å². The molecule has 0 saturated carbocycles. The Morgan fingerprint density at radius 2 is 2.56 bits per heavy atom. The molecule has 1 aliphatic heterocycles. The molecule has 8 heteroatoms. The summed E-state index contributed by atoms with van der Waals surface area (Å²) in [5, 5.41) is 20.3. The van der Waals surface area contributed by atoms with Crippen molar-refractivity contribution in [1.82, 2.24) is 20.4 Å². The number of carbonyl (C=O) groups excluding carboxylic acids is 1. The highest BCUT2D eigenvalue weighted by molar-refractivity contribution is 5.76. The van der Waals surface area contributed by atoms with E-state index in [0.717, 1.165) is 32.1 Å². The second kappa shape index (κ2) is 5.58. The number of nitrogens with one attached hydrogen (secondary N) is 2. The van der Waals surface area contributed by atoms with E-state index in [1.165, 1.54) is 10.9 Å². The van der Waals surface area contributed by atoms with Gasteiger partial charge >= 0.3 is 5.69 Å². The molecule has 98 valence electrons. The summed E-state index contributed by atoms with van der Waals surface area (Å²) in [5.41, 5.74) is -0.109. The summed E-state index contributed by atoms with van der Waals surface area (Å²) in [6.45, 7) is 1.76. The normalized spacial score (nSPS) is 19.4. The lowest BCUT2D eigenvalue weighted by molar-refractivity contribution is -0.385. The molecule has 0 bridgehead atoms. The maximum Gasteiger partial charge on any atom is 0.307 e. The zero-order valence-corrected chi connectivity index (χ0v) is 9.83. The number of amides is 1. The molecule has 0 radical (unpaired) electrons. The maximum absolute atomic E-state index is 11.7. The molecule has 1 aliphatic rings. The molecular weight excluding hydrogens is 238 g/mol. The molecule has 1 aromatic heterocycles. The van der Waals surface area contributed by atoms with Crippen molar-refractivity contribution in [3.8, 4) is 0 Å². The van der Waals surface area contributed by atoms with Crippen molar-refractivity contribution in [2.75, 3.05) is 13.1 Å². The van der Waals surface area contributed by atoms with Crippen LogP contribution in [0.4, 0.5) is 5.69 Å². The zero-order valence-electron chi connectivity index (χ0n) is 9.83. The van der Waals surface area contributed by atoms with Crippen LogP contribution >= 0.6 is 0 Å². The van der Waals surface area contributed by atoms with Gasteiger partial charge in [0.1, 0.15) is 18.9 Å². The summed E-state index contributed by atoms with van der Waals surface area (Å²) in [7, 11) is 0. The van der Waals surface area contributed by atoms with Crippen LogP contribution in [0.15, 0.2) is 12.4 Å². The molecule has 0 aromatic carbocycles. The molecule has 1 amide bonds. The number of hydrogen-bond acceptors (Lipinski definition) is 5. The molecule has 2 rings (SSSR count). The maximum atomic E-state index is 11.7. The minimum absolute atomic E-state index is 0.00431. The van der Waals surface area contributed by atoms with E-state index >= 15 is 0 Å². The lowest BCUT2D eigenvalue weighted by Gasteiger charge is -2.23.